The van der Waals surface area contributed by atoms with Gasteiger partial charge in [-0.1, -0.05) is 48.5 Å². The highest BCUT2D eigenvalue weighted by Crippen LogP contribution is 2.27. The fraction of sp³-hybridized carbons (Fsp3) is 0.286. The maximum absolute atomic E-state index is 12.7. The van der Waals surface area contributed by atoms with Crippen LogP contribution in [0.4, 0.5) is 5.69 Å². The van der Waals surface area contributed by atoms with Gasteiger partial charge in [0.25, 0.3) is 0 Å². The molecule has 138 valence electrons. The SMILES string of the molecule is O=C1C(=O)N(Cc2ccccc2)CCN1CC(=O)N1CCc2ccccc21. The van der Waals surface area contributed by atoms with E-state index < -0.39 is 11.8 Å². The number of para-hydroxylation sites is 1. The van der Waals surface area contributed by atoms with Crippen molar-refractivity contribution in [3.63, 3.8) is 0 Å². The second-order valence-corrected chi connectivity index (χ2v) is 6.86. The number of carbonyl (C=O) groups excluding carboxylic acids is 3. The van der Waals surface area contributed by atoms with Gasteiger partial charge in [0.15, 0.2) is 0 Å². The first-order valence-electron chi connectivity index (χ1n) is 9.14. The van der Waals surface area contributed by atoms with Gasteiger partial charge in [-0.2, -0.15) is 0 Å². The van der Waals surface area contributed by atoms with E-state index in [4.69, 9.17) is 0 Å². The second kappa shape index (κ2) is 7.23. The molecule has 0 atom stereocenters. The highest BCUT2D eigenvalue weighted by Gasteiger charge is 2.35. The van der Waals surface area contributed by atoms with E-state index in [0.29, 0.717) is 26.2 Å². The quantitative estimate of drug-likeness (QED) is 0.773. The summed E-state index contributed by atoms with van der Waals surface area (Å²) in [5.41, 5.74) is 3.03. The molecule has 0 unspecified atom stereocenters. The van der Waals surface area contributed by atoms with Crippen molar-refractivity contribution >= 4 is 23.4 Å². The molecule has 6 heteroatoms. The van der Waals surface area contributed by atoms with Crippen LogP contribution in [-0.2, 0) is 27.3 Å². The first-order valence-corrected chi connectivity index (χ1v) is 9.14. The summed E-state index contributed by atoms with van der Waals surface area (Å²) in [6.07, 6.45) is 0.819. The summed E-state index contributed by atoms with van der Waals surface area (Å²) < 4.78 is 0. The molecule has 2 heterocycles. The fourth-order valence-electron chi connectivity index (χ4n) is 3.67. The third-order valence-corrected chi connectivity index (χ3v) is 5.13. The predicted octanol–water partition coefficient (Wildman–Crippen LogP) is 1.45. The Morgan fingerprint density at radius 2 is 1.48 bits per heavy atom. The van der Waals surface area contributed by atoms with Crippen LogP contribution >= 0.6 is 0 Å². The maximum Gasteiger partial charge on any atom is 0.312 e. The molecule has 27 heavy (non-hydrogen) atoms. The summed E-state index contributed by atoms with van der Waals surface area (Å²) >= 11 is 0. The van der Waals surface area contributed by atoms with Gasteiger partial charge >= 0.3 is 11.8 Å². The van der Waals surface area contributed by atoms with Gasteiger partial charge < -0.3 is 14.7 Å². The number of nitrogens with zero attached hydrogens (tertiary/aromatic N) is 3. The largest absolute Gasteiger partial charge is 0.328 e. The lowest BCUT2D eigenvalue weighted by atomic mass is 10.2. The standard InChI is InChI=1S/C21H21N3O3/c25-19(24-11-10-17-8-4-5-9-18(17)24)15-23-13-12-22(20(26)21(23)27)14-16-6-2-1-3-7-16/h1-9H,10-15H2. The van der Waals surface area contributed by atoms with Crippen molar-refractivity contribution < 1.29 is 14.4 Å². The number of benzene rings is 2. The van der Waals surface area contributed by atoms with Crippen LogP contribution in [0.25, 0.3) is 0 Å². The number of hydrogen-bond donors (Lipinski definition) is 0. The summed E-state index contributed by atoms with van der Waals surface area (Å²) in [4.78, 5) is 42.3. The van der Waals surface area contributed by atoms with E-state index >= 15 is 0 Å². The third kappa shape index (κ3) is 3.43. The lowest BCUT2D eigenvalue weighted by Gasteiger charge is -2.34. The molecule has 0 radical (unpaired) electrons. The molecule has 4 rings (SSSR count). The van der Waals surface area contributed by atoms with Crippen molar-refractivity contribution in [1.29, 1.82) is 0 Å². The lowest BCUT2D eigenvalue weighted by Crippen LogP contribution is -2.56. The van der Waals surface area contributed by atoms with Crippen LogP contribution in [0.3, 0.4) is 0 Å². The van der Waals surface area contributed by atoms with E-state index in [2.05, 4.69) is 0 Å². The van der Waals surface area contributed by atoms with Crippen LogP contribution in [-0.4, -0.2) is 53.7 Å². The average molecular weight is 363 g/mol. The molecule has 1 fully saturated rings. The first-order chi connectivity index (χ1) is 13.1. The number of piperazine rings is 1. The molecular formula is C21H21N3O3. The van der Waals surface area contributed by atoms with E-state index in [1.165, 1.54) is 4.90 Å². The summed E-state index contributed by atoms with van der Waals surface area (Å²) in [6, 6.07) is 17.4. The number of anilines is 1. The van der Waals surface area contributed by atoms with Crippen molar-refractivity contribution in [2.45, 2.75) is 13.0 Å². The molecule has 2 aliphatic heterocycles. The lowest BCUT2D eigenvalue weighted by molar-refractivity contribution is -0.157. The highest BCUT2D eigenvalue weighted by molar-refractivity contribution is 6.35. The first kappa shape index (κ1) is 17.3. The van der Waals surface area contributed by atoms with E-state index in [9.17, 15) is 14.4 Å². The molecule has 6 nitrogen and oxygen atoms in total. The zero-order chi connectivity index (χ0) is 18.8. The Morgan fingerprint density at radius 3 is 2.30 bits per heavy atom. The molecule has 0 N–H and O–H groups in total. The van der Waals surface area contributed by atoms with Crippen LogP contribution in [0.1, 0.15) is 11.1 Å². The minimum atomic E-state index is -0.599. The Bertz CT molecular complexity index is 881. The Morgan fingerprint density at radius 1 is 0.815 bits per heavy atom. The van der Waals surface area contributed by atoms with E-state index in [0.717, 1.165) is 23.2 Å². The minimum absolute atomic E-state index is 0.0575. The number of fused-ring (bicyclic) bond motifs is 1. The van der Waals surface area contributed by atoms with E-state index in [1.807, 2.05) is 54.6 Å². The molecule has 2 aromatic rings. The van der Waals surface area contributed by atoms with Gasteiger partial charge in [0, 0.05) is 31.9 Å². The summed E-state index contributed by atoms with van der Waals surface area (Å²) in [5, 5.41) is 0. The topological polar surface area (TPSA) is 60.9 Å². The van der Waals surface area contributed by atoms with Gasteiger partial charge in [0.1, 0.15) is 6.54 Å². The number of rotatable bonds is 4. The number of amides is 3. The van der Waals surface area contributed by atoms with Crippen molar-refractivity contribution in [2.24, 2.45) is 0 Å². The minimum Gasteiger partial charge on any atom is -0.328 e. The van der Waals surface area contributed by atoms with Crippen molar-refractivity contribution in [3.8, 4) is 0 Å². The van der Waals surface area contributed by atoms with Crippen molar-refractivity contribution in [1.82, 2.24) is 9.80 Å². The Labute approximate surface area is 158 Å². The Balaban J connectivity index is 1.39. The summed E-state index contributed by atoms with van der Waals surface area (Å²) in [5.74, 6) is -1.28. The third-order valence-electron chi connectivity index (χ3n) is 5.13. The van der Waals surface area contributed by atoms with Crippen LogP contribution in [0.15, 0.2) is 54.6 Å². The summed E-state index contributed by atoms with van der Waals surface area (Å²) in [7, 11) is 0. The zero-order valence-corrected chi connectivity index (χ0v) is 15.0. The molecule has 2 aromatic carbocycles. The fourth-order valence-corrected chi connectivity index (χ4v) is 3.67. The molecule has 1 saturated heterocycles. The van der Waals surface area contributed by atoms with Crippen LogP contribution in [0, 0.1) is 0 Å². The van der Waals surface area contributed by atoms with Crippen LogP contribution in [0.5, 0.6) is 0 Å². The molecule has 2 aliphatic rings. The second-order valence-electron chi connectivity index (χ2n) is 6.86. The van der Waals surface area contributed by atoms with Gasteiger partial charge in [-0.05, 0) is 23.6 Å². The average Bonchev–Trinajstić information content (AvgIpc) is 3.13. The van der Waals surface area contributed by atoms with Crippen molar-refractivity contribution in [2.75, 3.05) is 31.1 Å². The highest BCUT2D eigenvalue weighted by atomic mass is 16.2. The zero-order valence-electron chi connectivity index (χ0n) is 15.0. The van der Waals surface area contributed by atoms with Crippen LogP contribution in [0.2, 0.25) is 0 Å². The van der Waals surface area contributed by atoms with Crippen LogP contribution < -0.4 is 4.90 Å². The Hall–Kier alpha value is -3.15. The summed E-state index contributed by atoms with van der Waals surface area (Å²) in [6.45, 7) is 1.78. The van der Waals surface area contributed by atoms with E-state index in [1.54, 1.807) is 9.80 Å². The molecule has 0 aliphatic carbocycles. The molecular weight excluding hydrogens is 342 g/mol. The molecule has 0 saturated carbocycles. The number of hydrogen-bond acceptors (Lipinski definition) is 3. The molecule has 0 aromatic heterocycles. The maximum atomic E-state index is 12.7. The van der Waals surface area contributed by atoms with Gasteiger partial charge in [-0.15, -0.1) is 0 Å². The van der Waals surface area contributed by atoms with Gasteiger partial charge in [0.2, 0.25) is 5.91 Å². The van der Waals surface area contributed by atoms with Crippen molar-refractivity contribution in [3.05, 3.63) is 65.7 Å². The molecule has 0 bridgehead atoms. The van der Waals surface area contributed by atoms with Gasteiger partial charge in [-0.3, -0.25) is 14.4 Å². The predicted molar refractivity (Wildman–Crippen MR) is 101 cm³/mol. The Kier molecular flexibility index (Phi) is 4.62. The van der Waals surface area contributed by atoms with Gasteiger partial charge in [-0.25, -0.2) is 0 Å². The molecule has 0 spiro atoms. The normalized spacial score (nSPS) is 16.7. The van der Waals surface area contributed by atoms with Gasteiger partial charge in [0.05, 0.1) is 0 Å². The smallest absolute Gasteiger partial charge is 0.312 e. The van der Waals surface area contributed by atoms with E-state index in [-0.39, 0.29) is 12.5 Å². The molecule has 3 amide bonds. The number of carbonyl (C=O) groups is 3. The monoisotopic (exact) mass is 363 g/mol.